The van der Waals surface area contributed by atoms with E-state index in [1.165, 1.54) is 12.1 Å². The summed E-state index contributed by atoms with van der Waals surface area (Å²) in [6.45, 7) is 0.823. The molecular weight excluding hydrogens is 253 g/mol. The number of rotatable bonds is 6. The average molecular weight is 267 g/mol. The Kier molecular flexibility index (Phi) is 4.72. The SMILES string of the molecule is OCCc1cn(CCSc2ccc(F)cc2)nn1. The second-order valence-corrected chi connectivity index (χ2v) is 4.92. The Morgan fingerprint density at radius 1 is 1.28 bits per heavy atom. The highest BCUT2D eigenvalue weighted by atomic mass is 32.2. The summed E-state index contributed by atoms with van der Waals surface area (Å²) < 4.78 is 14.4. The molecule has 0 atom stereocenters. The molecule has 0 aliphatic heterocycles. The number of halogens is 1. The molecule has 0 saturated heterocycles. The molecule has 1 heterocycles. The predicted molar refractivity (Wildman–Crippen MR) is 67.9 cm³/mol. The standard InChI is InChI=1S/C12H14FN3OS/c13-10-1-3-12(4-2-10)18-8-6-16-9-11(5-7-17)14-15-16/h1-4,9,17H,5-8H2. The summed E-state index contributed by atoms with van der Waals surface area (Å²) in [5.41, 5.74) is 0.796. The van der Waals surface area contributed by atoms with Crippen LogP contribution in [-0.4, -0.2) is 32.5 Å². The third kappa shape index (κ3) is 3.82. The minimum absolute atomic E-state index is 0.0863. The number of aryl methyl sites for hydroxylation is 1. The molecule has 0 amide bonds. The molecule has 0 aliphatic rings. The van der Waals surface area contributed by atoms with Gasteiger partial charge in [-0.05, 0) is 24.3 Å². The number of hydrogen-bond acceptors (Lipinski definition) is 4. The quantitative estimate of drug-likeness (QED) is 0.810. The van der Waals surface area contributed by atoms with Gasteiger partial charge in [0.1, 0.15) is 5.82 Å². The van der Waals surface area contributed by atoms with Crippen LogP contribution < -0.4 is 0 Å². The molecule has 6 heteroatoms. The second kappa shape index (κ2) is 6.51. The lowest BCUT2D eigenvalue weighted by molar-refractivity contribution is 0.298. The Balaban J connectivity index is 1.79. The van der Waals surface area contributed by atoms with Crippen molar-refractivity contribution in [3.63, 3.8) is 0 Å². The first-order chi connectivity index (χ1) is 8.78. The molecule has 96 valence electrons. The smallest absolute Gasteiger partial charge is 0.123 e. The van der Waals surface area contributed by atoms with Gasteiger partial charge in [-0.2, -0.15) is 0 Å². The molecule has 2 aromatic rings. The van der Waals surface area contributed by atoms with Crippen molar-refractivity contribution in [2.75, 3.05) is 12.4 Å². The van der Waals surface area contributed by atoms with Crippen LogP contribution in [0, 0.1) is 5.82 Å². The molecule has 0 unspecified atom stereocenters. The van der Waals surface area contributed by atoms with Crippen LogP contribution in [0.25, 0.3) is 0 Å². The van der Waals surface area contributed by atoms with Gasteiger partial charge in [0, 0.05) is 29.9 Å². The number of aliphatic hydroxyl groups excluding tert-OH is 1. The van der Waals surface area contributed by atoms with Gasteiger partial charge in [-0.1, -0.05) is 5.21 Å². The van der Waals surface area contributed by atoms with E-state index in [-0.39, 0.29) is 12.4 Å². The molecule has 4 nitrogen and oxygen atoms in total. The fourth-order valence-corrected chi connectivity index (χ4v) is 2.31. The third-order valence-corrected chi connectivity index (χ3v) is 3.35. The van der Waals surface area contributed by atoms with E-state index in [1.807, 2.05) is 6.20 Å². The Hall–Kier alpha value is -1.40. The third-order valence-electron chi connectivity index (χ3n) is 2.36. The molecule has 1 aromatic heterocycles. The lowest BCUT2D eigenvalue weighted by atomic mass is 10.3. The Bertz CT molecular complexity index is 486. The molecule has 1 aromatic carbocycles. The molecule has 0 fully saturated rings. The molecular formula is C12H14FN3OS. The van der Waals surface area contributed by atoms with Crippen LogP contribution in [0.4, 0.5) is 4.39 Å². The van der Waals surface area contributed by atoms with E-state index >= 15 is 0 Å². The number of hydrogen-bond donors (Lipinski definition) is 1. The lowest BCUT2D eigenvalue weighted by Gasteiger charge is -2.01. The predicted octanol–water partition coefficient (Wildman–Crippen LogP) is 1.74. The van der Waals surface area contributed by atoms with Gasteiger partial charge in [-0.15, -0.1) is 16.9 Å². The van der Waals surface area contributed by atoms with E-state index in [2.05, 4.69) is 10.3 Å². The van der Waals surface area contributed by atoms with Crippen LogP contribution in [0.3, 0.4) is 0 Å². The van der Waals surface area contributed by atoms with Crippen LogP contribution in [0.2, 0.25) is 0 Å². The Labute approximate surface area is 109 Å². The van der Waals surface area contributed by atoms with E-state index < -0.39 is 0 Å². The maximum absolute atomic E-state index is 12.7. The highest BCUT2D eigenvalue weighted by Crippen LogP contribution is 2.18. The van der Waals surface area contributed by atoms with E-state index in [1.54, 1.807) is 28.6 Å². The molecule has 1 N–H and O–H groups in total. The molecule has 18 heavy (non-hydrogen) atoms. The van der Waals surface area contributed by atoms with Crippen LogP contribution in [-0.2, 0) is 13.0 Å². The first-order valence-electron chi connectivity index (χ1n) is 5.66. The van der Waals surface area contributed by atoms with Gasteiger partial charge in [-0.3, -0.25) is 4.68 Å². The van der Waals surface area contributed by atoms with Crippen LogP contribution in [0.1, 0.15) is 5.69 Å². The Morgan fingerprint density at radius 2 is 2.06 bits per heavy atom. The Morgan fingerprint density at radius 3 is 2.78 bits per heavy atom. The zero-order chi connectivity index (χ0) is 12.8. The van der Waals surface area contributed by atoms with Gasteiger partial charge in [0.15, 0.2) is 0 Å². The molecule has 2 rings (SSSR count). The summed E-state index contributed by atoms with van der Waals surface area (Å²) in [5.74, 6) is 0.623. The van der Waals surface area contributed by atoms with Gasteiger partial charge in [0.25, 0.3) is 0 Å². The average Bonchev–Trinajstić information content (AvgIpc) is 2.80. The fraction of sp³-hybridized carbons (Fsp3) is 0.333. The number of aromatic nitrogens is 3. The number of thioether (sulfide) groups is 1. The monoisotopic (exact) mass is 267 g/mol. The van der Waals surface area contributed by atoms with Crippen molar-refractivity contribution >= 4 is 11.8 Å². The first-order valence-corrected chi connectivity index (χ1v) is 6.65. The molecule has 0 saturated carbocycles. The largest absolute Gasteiger partial charge is 0.396 e. The maximum Gasteiger partial charge on any atom is 0.123 e. The van der Waals surface area contributed by atoms with E-state index in [0.717, 1.165) is 22.9 Å². The van der Waals surface area contributed by atoms with Crippen LogP contribution >= 0.6 is 11.8 Å². The van der Waals surface area contributed by atoms with Gasteiger partial charge in [-0.25, -0.2) is 4.39 Å². The van der Waals surface area contributed by atoms with Gasteiger partial charge < -0.3 is 5.11 Å². The van der Waals surface area contributed by atoms with Crippen molar-refractivity contribution in [1.82, 2.24) is 15.0 Å². The fourth-order valence-electron chi connectivity index (χ4n) is 1.46. The van der Waals surface area contributed by atoms with Crippen molar-refractivity contribution in [2.45, 2.75) is 17.9 Å². The summed E-state index contributed by atoms with van der Waals surface area (Å²) in [6, 6.07) is 6.44. The summed E-state index contributed by atoms with van der Waals surface area (Å²) in [7, 11) is 0. The highest BCUT2D eigenvalue weighted by molar-refractivity contribution is 7.99. The highest BCUT2D eigenvalue weighted by Gasteiger charge is 2.00. The first kappa shape index (κ1) is 13.0. The molecule has 0 radical (unpaired) electrons. The van der Waals surface area contributed by atoms with Crippen molar-refractivity contribution in [1.29, 1.82) is 0 Å². The second-order valence-electron chi connectivity index (χ2n) is 3.75. The van der Waals surface area contributed by atoms with Crippen molar-refractivity contribution in [3.8, 4) is 0 Å². The van der Waals surface area contributed by atoms with Crippen molar-refractivity contribution < 1.29 is 9.50 Å². The van der Waals surface area contributed by atoms with Gasteiger partial charge in [0.2, 0.25) is 0 Å². The summed E-state index contributed by atoms with van der Waals surface area (Å²) >= 11 is 1.64. The van der Waals surface area contributed by atoms with E-state index in [0.29, 0.717) is 6.42 Å². The van der Waals surface area contributed by atoms with E-state index in [4.69, 9.17) is 5.11 Å². The minimum Gasteiger partial charge on any atom is -0.396 e. The van der Waals surface area contributed by atoms with Crippen LogP contribution in [0.5, 0.6) is 0 Å². The number of aliphatic hydroxyl groups is 1. The topological polar surface area (TPSA) is 50.9 Å². The van der Waals surface area contributed by atoms with Crippen molar-refractivity contribution in [2.24, 2.45) is 0 Å². The zero-order valence-corrected chi connectivity index (χ0v) is 10.6. The normalized spacial score (nSPS) is 10.8. The van der Waals surface area contributed by atoms with Gasteiger partial charge >= 0.3 is 0 Å². The van der Waals surface area contributed by atoms with E-state index in [9.17, 15) is 4.39 Å². The summed E-state index contributed by atoms with van der Waals surface area (Å²) in [5, 5.41) is 16.7. The maximum atomic E-state index is 12.7. The van der Waals surface area contributed by atoms with Crippen LogP contribution in [0.15, 0.2) is 35.4 Å². The minimum atomic E-state index is -0.218. The summed E-state index contributed by atoms with van der Waals surface area (Å²) in [6.07, 6.45) is 2.37. The number of benzene rings is 1. The van der Waals surface area contributed by atoms with Crippen molar-refractivity contribution in [3.05, 3.63) is 42.0 Å². The zero-order valence-electron chi connectivity index (χ0n) is 9.79. The lowest BCUT2D eigenvalue weighted by Crippen LogP contribution is -2.01. The molecule has 0 aliphatic carbocycles. The molecule has 0 bridgehead atoms. The molecule has 0 spiro atoms. The summed E-state index contributed by atoms with van der Waals surface area (Å²) in [4.78, 5) is 1.03. The van der Waals surface area contributed by atoms with Gasteiger partial charge in [0.05, 0.1) is 12.2 Å². The number of nitrogens with zero attached hydrogens (tertiary/aromatic N) is 3.